The molecule has 1 aliphatic heterocycles. The molecule has 2 heterocycles. The smallest absolute Gasteiger partial charge is 0.253 e. The van der Waals surface area contributed by atoms with Crippen LogP contribution >= 0.6 is 11.3 Å². The molecular formula is C22H35N5O3S. The summed E-state index contributed by atoms with van der Waals surface area (Å²) in [5.41, 5.74) is 4.94. The normalized spacial score (nSPS) is 20.4. The first-order valence-corrected chi connectivity index (χ1v) is 11.8. The number of thiophene rings is 1. The summed E-state index contributed by atoms with van der Waals surface area (Å²) in [5.74, 6) is 0.0843. The second-order valence-electron chi connectivity index (χ2n) is 7.95. The van der Waals surface area contributed by atoms with Gasteiger partial charge in [0.05, 0.1) is 19.8 Å². The van der Waals surface area contributed by atoms with Crippen molar-refractivity contribution >= 4 is 29.0 Å². The van der Waals surface area contributed by atoms with E-state index < -0.39 is 6.10 Å². The number of aryl methyl sites for hydroxylation is 1. The number of ether oxygens (including phenoxy) is 1. The quantitative estimate of drug-likeness (QED) is 0.222. The van der Waals surface area contributed by atoms with Crippen LogP contribution in [0.4, 0.5) is 0 Å². The summed E-state index contributed by atoms with van der Waals surface area (Å²) in [6.07, 6.45) is 6.73. The van der Waals surface area contributed by atoms with Gasteiger partial charge in [-0.25, -0.2) is 5.48 Å². The van der Waals surface area contributed by atoms with Crippen LogP contribution in [-0.2, 0) is 20.8 Å². The second-order valence-corrected chi connectivity index (χ2v) is 9.04. The third-order valence-electron chi connectivity index (χ3n) is 5.64. The molecule has 31 heavy (non-hydrogen) atoms. The maximum absolute atomic E-state index is 13.3. The summed E-state index contributed by atoms with van der Waals surface area (Å²) in [7, 11) is 3.46. The predicted octanol–water partition coefficient (Wildman–Crippen LogP) is 2.08. The minimum absolute atomic E-state index is 0.0262. The molecule has 4 N–H and O–H groups in total. The number of allylic oxidation sites excluding steroid dienone is 1. The maximum Gasteiger partial charge on any atom is 0.253 e. The number of hydroxylamine groups is 1. The van der Waals surface area contributed by atoms with Gasteiger partial charge in [-0.2, -0.15) is 0 Å². The lowest BCUT2D eigenvalue weighted by Gasteiger charge is -2.33. The van der Waals surface area contributed by atoms with Gasteiger partial charge in [0.25, 0.3) is 5.91 Å². The Morgan fingerprint density at radius 2 is 2.32 bits per heavy atom. The van der Waals surface area contributed by atoms with E-state index in [0.717, 1.165) is 54.1 Å². The van der Waals surface area contributed by atoms with Crippen LogP contribution in [-0.4, -0.2) is 69.6 Å². The lowest BCUT2D eigenvalue weighted by atomic mass is 10.0. The molecule has 2 fully saturated rings. The van der Waals surface area contributed by atoms with Crippen molar-refractivity contribution in [1.82, 2.24) is 21.0 Å². The number of hydrogen-bond acceptors (Lipinski definition) is 8. The van der Waals surface area contributed by atoms with Gasteiger partial charge in [-0.3, -0.25) is 4.79 Å². The topological polar surface area (TPSA) is 98.7 Å². The van der Waals surface area contributed by atoms with Crippen LogP contribution < -0.4 is 16.1 Å². The number of nitrogens with one attached hydrogen (secondary N) is 4. The molecule has 0 bridgehead atoms. The van der Waals surface area contributed by atoms with Gasteiger partial charge in [0.1, 0.15) is 6.10 Å². The molecule has 1 saturated carbocycles. The van der Waals surface area contributed by atoms with Crippen molar-refractivity contribution in [2.24, 2.45) is 0 Å². The summed E-state index contributed by atoms with van der Waals surface area (Å²) in [4.78, 5) is 22.5. The molecule has 1 aliphatic carbocycles. The zero-order chi connectivity index (χ0) is 22.2. The van der Waals surface area contributed by atoms with Crippen LogP contribution in [0.15, 0.2) is 12.3 Å². The predicted molar refractivity (Wildman–Crippen MR) is 124 cm³/mol. The SMILES string of the molecule is CN/C=C(\C=N)c1sc([C@@H](C)N(C(=O)[C@H]2CNCCO2)C2CC2)cc1CCCNOC. The van der Waals surface area contributed by atoms with Crippen molar-refractivity contribution in [2.45, 2.75) is 50.8 Å². The van der Waals surface area contributed by atoms with E-state index in [1.807, 2.05) is 18.1 Å². The molecule has 2 atom stereocenters. The number of carbonyl (C=O) groups is 1. The Morgan fingerprint density at radius 1 is 1.52 bits per heavy atom. The highest BCUT2D eigenvalue weighted by molar-refractivity contribution is 7.13. The van der Waals surface area contributed by atoms with Crippen molar-refractivity contribution in [1.29, 1.82) is 5.41 Å². The van der Waals surface area contributed by atoms with Gasteiger partial charge in [-0.15, -0.1) is 11.3 Å². The number of carbonyl (C=O) groups excluding carboxylic acids is 1. The number of nitrogens with zero attached hydrogens (tertiary/aromatic N) is 1. The molecule has 0 spiro atoms. The molecule has 9 heteroatoms. The molecule has 1 saturated heterocycles. The highest BCUT2D eigenvalue weighted by atomic mass is 32.1. The van der Waals surface area contributed by atoms with E-state index in [-0.39, 0.29) is 11.9 Å². The van der Waals surface area contributed by atoms with Crippen LogP contribution in [0.1, 0.15) is 47.5 Å². The van der Waals surface area contributed by atoms with Gasteiger partial charge >= 0.3 is 0 Å². The van der Waals surface area contributed by atoms with Gasteiger partial charge in [0.2, 0.25) is 0 Å². The van der Waals surface area contributed by atoms with Gasteiger partial charge in [0, 0.05) is 60.5 Å². The standard InChI is InChI=1S/C22H35N5O3S/c1-15(27(18-6-7-18)22(28)19-14-25-9-10-30-19)20-11-16(5-4-8-26-29-3)21(31-20)17(12-23)13-24-2/h11-13,15,18-19,23-26H,4-10,14H2,1-3H3/b17-13+,23-12?/t15-,19-/m1/s1. The largest absolute Gasteiger partial charge is 0.393 e. The molecule has 8 nitrogen and oxygen atoms in total. The summed E-state index contributed by atoms with van der Waals surface area (Å²) in [6.45, 7) is 4.81. The zero-order valence-electron chi connectivity index (χ0n) is 18.7. The Balaban J connectivity index is 1.84. The zero-order valence-corrected chi connectivity index (χ0v) is 19.5. The van der Waals surface area contributed by atoms with E-state index in [9.17, 15) is 4.79 Å². The highest BCUT2D eigenvalue weighted by Gasteiger charge is 2.40. The molecule has 172 valence electrons. The van der Waals surface area contributed by atoms with E-state index in [1.165, 1.54) is 11.8 Å². The fraction of sp³-hybridized carbons (Fsp3) is 0.636. The maximum atomic E-state index is 13.3. The third kappa shape index (κ3) is 6.14. The fourth-order valence-electron chi connectivity index (χ4n) is 3.93. The minimum Gasteiger partial charge on any atom is -0.393 e. The molecule has 0 radical (unpaired) electrons. The Hall–Kier alpha value is -1.78. The Bertz CT molecular complexity index is 771. The first kappa shape index (κ1) is 23.9. The van der Waals surface area contributed by atoms with E-state index in [1.54, 1.807) is 18.4 Å². The average molecular weight is 450 g/mol. The molecule has 0 unspecified atom stereocenters. The number of hydrogen-bond donors (Lipinski definition) is 4. The fourth-order valence-corrected chi connectivity index (χ4v) is 5.18. The van der Waals surface area contributed by atoms with Crippen molar-refractivity contribution in [3.8, 4) is 0 Å². The molecule has 3 rings (SSSR count). The van der Waals surface area contributed by atoms with Crippen molar-refractivity contribution < 1.29 is 14.4 Å². The summed E-state index contributed by atoms with van der Waals surface area (Å²) in [6, 6.07) is 2.48. The minimum atomic E-state index is -0.405. The van der Waals surface area contributed by atoms with Crippen molar-refractivity contribution in [3.63, 3.8) is 0 Å². The average Bonchev–Trinajstić information content (AvgIpc) is 3.54. The number of rotatable bonds is 12. The molecule has 2 aliphatic rings. The number of morpholine rings is 1. The number of amides is 1. The Kier molecular flexibility index (Phi) is 9.03. The first-order valence-electron chi connectivity index (χ1n) is 11.0. The molecular weight excluding hydrogens is 414 g/mol. The van der Waals surface area contributed by atoms with E-state index in [0.29, 0.717) is 19.2 Å². The first-order chi connectivity index (χ1) is 15.1. The van der Waals surface area contributed by atoms with Crippen molar-refractivity contribution in [3.05, 3.63) is 27.6 Å². The van der Waals surface area contributed by atoms with E-state index in [4.69, 9.17) is 15.0 Å². The lowest BCUT2D eigenvalue weighted by Crippen LogP contribution is -2.50. The lowest BCUT2D eigenvalue weighted by molar-refractivity contribution is -0.148. The van der Waals surface area contributed by atoms with Gasteiger partial charge in [-0.05, 0) is 44.2 Å². The van der Waals surface area contributed by atoms with Gasteiger partial charge in [-0.1, -0.05) is 0 Å². The molecule has 0 aromatic carbocycles. The highest BCUT2D eigenvalue weighted by Crippen LogP contribution is 2.40. The van der Waals surface area contributed by atoms with Crippen LogP contribution in [0.5, 0.6) is 0 Å². The summed E-state index contributed by atoms with van der Waals surface area (Å²) in [5, 5.41) is 14.2. The summed E-state index contributed by atoms with van der Waals surface area (Å²) < 4.78 is 5.76. The molecule has 1 aromatic rings. The third-order valence-corrected chi connectivity index (χ3v) is 7.04. The van der Waals surface area contributed by atoms with Crippen LogP contribution in [0, 0.1) is 5.41 Å². The second kappa shape index (κ2) is 11.7. The van der Waals surface area contributed by atoms with Crippen LogP contribution in [0.25, 0.3) is 5.57 Å². The van der Waals surface area contributed by atoms with Crippen LogP contribution in [0.3, 0.4) is 0 Å². The van der Waals surface area contributed by atoms with Gasteiger partial charge in [0.15, 0.2) is 0 Å². The Labute approximate surface area is 188 Å². The van der Waals surface area contributed by atoms with E-state index in [2.05, 4.69) is 29.1 Å². The summed E-state index contributed by atoms with van der Waals surface area (Å²) >= 11 is 1.68. The van der Waals surface area contributed by atoms with Crippen molar-refractivity contribution in [2.75, 3.05) is 40.4 Å². The van der Waals surface area contributed by atoms with Crippen LogP contribution in [0.2, 0.25) is 0 Å². The molecule has 1 aromatic heterocycles. The van der Waals surface area contributed by atoms with Gasteiger partial charge < -0.3 is 30.5 Å². The Morgan fingerprint density at radius 3 is 2.94 bits per heavy atom. The van der Waals surface area contributed by atoms with E-state index >= 15 is 0 Å². The molecule has 1 amide bonds. The monoisotopic (exact) mass is 449 g/mol.